The highest BCUT2D eigenvalue weighted by atomic mass is 35.5. The molecule has 17 heavy (non-hydrogen) atoms. The second-order valence-electron chi connectivity index (χ2n) is 3.92. The number of anilines is 2. The molecule has 0 aliphatic heterocycles. The Morgan fingerprint density at radius 2 is 2.00 bits per heavy atom. The second kappa shape index (κ2) is 6.31. The molecule has 96 valence electrons. The van der Waals surface area contributed by atoms with Crippen LogP contribution in [0.2, 0.25) is 10.0 Å². The SMILES string of the molecule is CCC(C)N(CC)c1nc(NC)c(Cl)cc1Cl. The minimum atomic E-state index is 0.399. The van der Waals surface area contributed by atoms with Crippen LogP contribution in [0.1, 0.15) is 27.2 Å². The van der Waals surface area contributed by atoms with Crippen LogP contribution in [0.5, 0.6) is 0 Å². The first-order chi connectivity index (χ1) is 8.04. The fourth-order valence-electron chi connectivity index (χ4n) is 1.72. The fourth-order valence-corrected chi connectivity index (χ4v) is 2.29. The molecule has 5 heteroatoms. The third-order valence-electron chi connectivity index (χ3n) is 2.88. The average Bonchev–Trinajstić information content (AvgIpc) is 2.32. The quantitative estimate of drug-likeness (QED) is 0.879. The number of aromatic nitrogens is 1. The van der Waals surface area contributed by atoms with Crippen molar-refractivity contribution in [2.24, 2.45) is 0 Å². The summed E-state index contributed by atoms with van der Waals surface area (Å²) in [7, 11) is 1.80. The molecule has 0 aliphatic rings. The van der Waals surface area contributed by atoms with E-state index in [-0.39, 0.29) is 0 Å². The molecule has 3 nitrogen and oxygen atoms in total. The molecule has 1 atom stereocenters. The van der Waals surface area contributed by atoms with Crippen molar-refractivity contribution >= 4 is 34.8 Å². The van der Waals surface area contributed by atoms with Crippen LogP contribution < -0.4 is 10.2 Å². The Hall–Kier alpha value is -0.670. The lowest BCUT2D eigenvalue weighted by Crippen LogP contribution is -2.33. The van der Waals surface area contributed by atoms with Crippen LogP contribution in [0, 0.1) is 0 Å². The van der Waals surface area contributed by atoms with Crippen LogP contribution in [-0.2, 0) is 0 Å². The zero-order valence-corrected chi connectivity index (χ0v) is 12.2. The molecule has 0 bridgehead atoms. The zero-order valence-electron chi connectivity index (χ0n) is 10.7. The largest absolute Gasteiger partial charge is 0.372 e. The minimum absolute atomic E-state index is 0.399. The maximum atomic E-state index is 6.22. The van der Waals surface area contributed by atoms with E-state index < -0.39 is 0 Å². The Morgan fingerprint density at radius 1 is 1.35 bits per heavy atom. The monoisotopic (exact) mass is 275 g/mol. The lowest BCUT2D eigenvalue weighted by Gasteiger charge is -2.29. The molecule has 1 unspecified atom stereocenters. The molecular weight excluding hydrogens is 257 g/mol. The van der Waals surface area contributed by atoms with Gasteiger partial charge >= 0.3 is 0 Å². The summed E-state index contributed by atoms with van der Waals surface area (Å²) in [6.07, 6.45) is 1.05. The van der Waals surface area contributed by atoms with Gasteiger partial charge in [0.2, 0.25) is 0 Å². The number of nitrogens with zero attached hydrogens (tertiary/aromatic N) is 2. The van der Waals surface area contributed by atoms with Gasteiger partial charge in [0.25, 0.3) is 0 Å². The van der Waals surface area contributed by atoms with E-state index in [2.05, 4.69) is 36.0 Å². The lowest BCUT2D eigenvalue weighted by molar-refractivity contribution is 0.623. The third kappa shape index (κ3) is 3.17. The van der Waals surface area contributed by atoms with Crippen molar-refractivity contribution in [3.05, 3.63) is 16.1 Å². The van der Waals surface area contributed by atoms with E-state index in [9.17, 15) is 0 Å². The van der Waals surface area contributed by atoms with E-state index in [4.69, 9.17) is 23.2 Å². The Labute approximate surface area is 113 Å². The Kier molecular flexibility index (Phi) is 5.34. The first kappa shape index (κ1) is 14.4. The second-order valence-corrected chi connectivity index (χ2v) is 4.73. The molecule has 0 saturated heterocycles. The Morgan fingerprint density at radius 3 is 2.47 bits per heavy atom. The molecule has 0 fully saturated rings. The van der Waals surface area contributed by atoms with Crippen molar-refractivity contribution in [1.29, 1.82) is 0 Å². The van der Waals surface area contributed by atoms with E-state index in [0.29, 0.717) is 21.9 Å². The van der Waals surface area contributed by atoms with Crippen molar-refractivity contribution < 1.29 is 0 Å². The van der Waals surface area contributed by atoms with Crippen LogP contribution in [0.3, 0.4) is 0 Å². The van der Waals surface area contributed by atoms with Crippen molar-refractivity contribution in [2.75, 3.05) is 23.8 Å². The van der Waals surface area contributed by atoms with Gasteiger partial charge in [-0.15, -0.1) is 0 Å². The highest BCUT2D eigenvalue weighted by Gasteiger charge is 2.17. The van der Waals surface area contributed by atoms with Crippen molar-refractivity contribution in [3.8, 4) is 0 Å². The molecule has 1 heterocycles. The predicted octanol–water partition coefficient (Wildman–Crippen LogP) is 4.05. The van der Waals surface area contributed by atoms with E-state index in [1.54, 1.807) is 13.1 Å². The van der Waals surface area contributed by atoms with Crippen LogP contribution in [0.4, 0.5) is 11.6 Å². The molecule has 1 aromatic rings. The summed E-state index contributed by atoms with van der Waals surface area (Å²) in [5.74, 6) is 1.45. The first-order valence-electron chi connectivity index (χ1n) is 5.85. The summed E-state index contributed by atoms with van der Waals surface area (Å²) < 4.78 is 0. The summed E-state index contributed by atoms with van der Waals surface area (Å²) >= 11 is 12.3. The Balaban J connectivity index is 3.19. The average molecular weight is 276 g/mol. The van der Waals surface area contributed by atoms with E-state index >= 15 is 0 Å². The summed E-state index contributed by atoms with van der Waals surface area (Å²) in [6, 6.07) is 2.14. The summed E-state index contributed by atoms with van der Waals surface area (Å²) in [4.78, 5) is 6.66. The standard InChI is InChI=1S/C12H19Cl2N3/c1-5-8(3)17(6-2)12-10(14)7-9(13)11(15-4)16-12/h7-8H,5-6H2,1-4H3,(H,15,16). The van der Waals surface area contributed by atoms with Crippen LogP contribution >= 0.6 is 23.2 Å². The number of nitrogens with one attached hydrogen (secondary N) is 1. The van der Waals surface area contributed by atoms with Crippen LogP contribution in [0.25, 0.3) is 0 Å². The lowest BCUT2D eigenvalue weighted by atomic mass is 10.2. The number of hydrogen-bond acceptors (Lipinski definition) is 3. The van der Waals surface area contributed by atoms with Gasteiger partial charge in [0.15, 0.2) is 0 Å². The van der Waals surface area contributed by atoms with Crippen molar-refractivity contribution in [2.45, 2.75) is 33.2 Å². The third-order valence-corrected chi connectivity index (χ3v) is 3.45. The van der Waals surface area contributed by atoms with Crippen molar-refractivity contribution in [1.82, 2.24) is 4.98 Å². The molecule has 1 aromatic heterocycles. The molecule has 0 spiro atoms. The van der Waals surface area contributed by atoms with Gasteiger partial charge in [-0.05, 0) is 26.3 Å². The highest BCUT2D eigenvalue weighted by Crippen LogP contribution is 2.32. The smallest absolute Gasteiger partial charge is 0.150 e. The van der Waals surface area contributed by atoms with E-state index in [1.807, 2.05) is 0 Å². The molecule has 0 radical (unpaired) electrons. The van der Waals surface area contributed by atoms with Crippen LogP contribution in [0.15, 0.2) is 6.07 Å². The maximum Gasteiger partial charge on any atom is 0.150 e. The topological polar surface area (TPSA) is 28.2 Å². The maximum absolute atomic E-state index is 6.22. The molecule has 1 rings (SSSR count). The van der Waals surface area contributed by atoms with Gasteiger partial charge in [-0.25, -0.2) is 4.98 Å². The number of halogens is 2. The number of pyridine rings is 1. The molecule has 0 aromatic carbocycles. The predicted molar refractivity (Wildman–Crippen MR) is 76.6 cm³/mol. The first-order valence-corrected chi connectivity index (χ1v) is 6.61. The Bertz CT molecular complexity index is 382. The van der Waals surface area contributed by atoms with Gasteiger partial charge in [-0.1, -0.05) is 30.1 Å². The molecule has 0 saturated carbocycles. The minimum Gasteiger partial charge on any atom is -0.372 e. The van der Waals surface area contributed by atoms with Gasteiger partial charge in [0.1, 0.15) is 11.6 Å². The highest BCUT2D eigenvalue weighted by molar-refractivity contribution is 6.37. The molecule has 0 aliphatic carbocycles. The molecule has 0 amide bonds. The number of hydrogen-bond donors (Lipinski definition) is 1. The molecular formula is C12H19Cl2N3. The van der Waals surface area contributed by atoms with Crippen LogP contribution in [-0.4, -0.2) is 24.6 Å². The van der Waals surface area contributed by atoms with Gasteiger partial charge in [-0.3, -0.25) is 0 Å². The summed E-state index contributed by atoms with van der Waals surface area (Å²) in [6.45, 7) is 7.27. The van der Waals surface area contributed by atoms with Gasteiger partial charge in [0, 0.05) is 19.6 Å². The normalized spacial score (nSPS) is 12.4. The molecule has 1 N–H and O–H groups in total. The van der Waals surface area contributed by atoms with Gasteiger partial charge < -0.3 is 10.2 Å². The van der Waals surface area contributed by atoms with Gasteiger partial charge in [-0.2, -0.15) is 0 Å². The summed E-state index contributed by atoms with van der Waals surface area (Å²) in [5, 5.41) is 4.11. The van der Waals surface area contributed by atoms with Crippen molar-refractivity contribution in [3.63, 3.8) is 0 Å². The zero-order chi connectivity index (χ0) is 13.0. The van der Waals surface area contributed by atoms with E-state index in [0.717, 1.165) is 18.8 Å². The number of rotatable bonds is 5. The van der Waals surface area contributed by atoms with E-state index in [1.165, 1.54) is 0 Å². The fraction of sp³-hybridized carbons (Fsp3) is 0.583. The summed E-state index contributed by atoms with van der Waals surface area (Å²) in [5.41, 5.74) is 0. The van der Waals surface area contributed by atoms with Gasteiger partial charge in [0.05, 0.1) is 10.0 Å².